The van der Waals surface area contributed by atoms with E-state index in [1.54, 1.807) is 19.2 Å². The number of aromatic nitrogens is 2. The summed E-state index contributed by atoms with van der Waals surface area (Å²) in [6, 6.07) is 20.5. The highest BCUT2D eigenvalue weighted by atomic mass is 32.1. The van der Waals surface area contributed by atoms with Crippen LogP contribution in [-0.4, -0.2) is 36.9 Å². The number of methoxy groups -OCH3 is 1. The Morgan fingerprint density at radius 3 is 2.30 bits per heavy atom. The Morgan fingerprint density at radius 1 is 0.970 bits per heavy atom. The van der Waals surface area contributed by atoms with Crippen molar-refractivity contribution < 1.29 is 18.7 Å². The van der Waals surface area contributed by atoms with Crippen molar-refractivity contribution in [3.8, 4) is 22.1 Å². The molecule has 4 aromatic rings. The molecule has 1 amide bonds. The molecule has 0 fully saturated rings. The maximum atomic E-state index is 12.9. The standard InChI is InChI=1S/C24H21FN4O3S/c1-29(19-9-13-20(31-2)14-10-19)24-28-27-23(33-24)16-3-7-18(8-4-16)26-22(30)15-32-21-11-5-17(25)6-12-21/h3-14H,15H2,1-2H3,(H,26,30). The third kappa shape index (κ3) is 5.64. The van der Waals surface area contributed by atoms with Crippen molar-refractivity contribution in [1.29, 1.82) is 0 Å². The first kappa shape index (κ1) is 22.2. The van der Waals surface area contributed by atoms with Crippen molar-refractivity contribution in [2.45, 2.75) is 0 Å². The lowest BCUT2D eigenvalue weighted by atomic mass is 10.2. The van der Waals surface area contributed by atoms with E-state index in [1.807, 2.05) is 48.3 Å². The molecule has 1 N–H and O–H groups in total. The number of hydrogen-bond acceptors (Lipinski definition) is 7. The van der Waals surface area contributed by atoms with Gasteiger partial charge in [0.05, 0.1) is 7.11 Å². The van der Waals surface area contributed by atoms with E-state index in [9.17, 15) is 9.18 Å². The Bertz CT molecular complexity index is 1210. The van der Waals surface area contributed by atoms with Crippen LogP contribution >= 0.6 is 11.3 Å². The van der Waals surface area contributed by atoms with E-state index in [1.165, 1.54) is 35.6 Å². The Hall–Kier alpha value is -3.98. The minimum atomic E-state index is -0.359. The van der Waals surface area contributed by atoms with Crippen LogP contribution in [0.15, 0.2) is 72.8 Å². The van der Waals surface area contributed by atoms with Crippen molar-refractivity contribution in [2.75, 3.05) is 31.0 Å². The van der Waals surface area contributed by atoms with Crippen LogP contribution in [0.2, 0.25) is 0 Å². The van der Waals surface area contributed by atoms with Gasteiger partial charge in [0, 0.05) is 24.0 Å². The minimum absolute atomic E-state index is 0.176. The predicted molar refractivity (Wildman–Crippen MR) is 127 cm³/mol. The highest BCUT2D eigenvalue weighted by Gasteiger charge is 2.13. The van der Waals surface area contributed by atoms with Gasteiger partial charge in [-0.15, -0.1) is 10.2 Å². The molecular formula is C24H21FN4O3S. The summed E-state index contributed by atoms with van der Waals surface area (Å²) in [6.07, 6.45) is 0. The van der Waals surface area contributed by atoms with Gasteiger partial charge in [-0.1, -0.05) is 11.3 Å². The number of amides is 1. The van der Waals surface area contributed by atoms with E-state index < -0.39 is 0 Å². The summed E-state index contributed by atoms with van der Waals surface area (Å²) in [5.41, 5.74) is 2.49. The zero-order valence-electron chi connectivity index (χ0n) is 18.0. The first-order valence-corrected chi connectivity index (χ1v) is 10.8. The Balaban J connectivity index is 1.35. The number of hydrogen-bond donors (Lipinski definition) is 1. The van der Waals surface area contributed by atoms with Crippen molar-refractivity contribution >= 4 is 33.8 Å². The summed E-state index contributed by atoms with van der Waals surface area (Å²) >= 11 is 1.46. The van der Waals surface area contributed by atoms with Crippen LogP contribution in [-0.2, 0) is 4.79 Å². The van der Waals surface area contributed by atoms with Gasteiger partial charge in [-0.3, -0.25) is 4.79 Å². The molecule has 4 rings (SSSR count). The van der Waals surface area contributed by atoms with Gasteiger partial charge in [0.1, 0.15) is 22.3 Å². The lowest BCUT2D eigenvalue weighted by Gasteiger charge is -2.15. The van der Waals surface area contributed by atoms with Crippen LogP contribution in [0.25, 0.3) is 10.6 Å². The third-order valence-electron chi connectivity index (χ3n) is 4.76. The Labute approximate surface area is 194 Å². The molecule has 0 unspecified atom stereocenters. The molecule has 0 aliphatic carbocycles. The summed E-state index contributed by atoms with van der Waals surface area (Å²) in [5, 5.41) is 12.9. The molecular weight excluding hydrogens is 443 g/mol. The van der Waals surface area contributed by atoms with Crippen LogP contribution in [0, 0.1) is 5.82 Å². The highest BCUT2D eigenvalue weighted by molar-refractivity contribution is 7.18. The molecule has 1 heterocycles. The number of carbonyl (C=O) groups is 1. The summed E-state index contributed by atoms with van der Waals surface area (Å²) in [5.74, 6) is 0.543. The predicted octanol–water partition coefficient (Wildman–Crippen LogP) is 5.14. The molecule has 3 aromatic carbocycles. The van der Waals surface area contributed by atoms with Crippen LogP contribution < -0.4 is 19.7 Å². The fraction of sp³-hybridized carbons (Fsp3) is 0.125. The molecule has 33 heavy (non-hydrogen) atoms. The lowest BCUT2D eigenvalue weighted by molar-refractivity contribution is -0.118. The van der Waals surface area contributed by atoms with Crippen LogP contribution in [0.5, 0.6) is 11.5 Å². The fourth-order valence-corrected chi connectivity index (χ4v) is 3.79. The number of rotatable bonds is 8. The number of halogens is 1. The SMILES string of the molecule is COc1ccc(N(C)c2nnc(-c3ccc(NC(=O)COc4ccc(F)cc4)cc3)s2)cc1. The molecule has 0 radical (unpaired) electrons. The van der Waals surface area contributed by atoms with Crippen LogP contribution in [0.4, 0.5) is 20.9 Å². The first-order chi connectivity index (χ1) is 16.0. The van der Waals surface area contributed by atoms with Gasteiger partial charge in [-0.25, -0.2) is 4.39 Å². The van der Waals surface area contributed by atoms with Gasteiger partial charge in [-0.05, 0) is 72.8 Å². The van der Waals surface area contributed by atoms with Gasteiger partial charge >= 0.3 is 0 Å². The molecule has 1 aromatic heterocycles. The monoisotopic (exact) mass is 464 g/mol. The number of benzene rings is 3. The average molecular weight is 465 g/mol. The van der Waals surface area contributed by atoms with Crippen molar-refractivity contribution in [3.63, 3.8) is 0 Å². The molecule has 168 valence electrons. The smallest absolute Gasteiger partial charge is 0.262 e. The third-order valence-corrected chi connectivity index (χ3v) is 5.81. The lowest BCUT2D eigenvalue weighted by Crippen LogP contribution is -2.20. The van der Waals surface area contributed by atoms with Crippen LogP contribution in [0.1, 0.15) is 0 Å². The first-order valence-electron chi connectivity index (χ1n) is 10.0. The van der Waals surface area contributed by atoms with Crippen LogP contribution in [0.3, 0.4) is 0 Å². The zero-order chi connectivity index (χ0) is 23.2. The largest absolute Gasteiger partial charge is 0.497 e. The molecule has 0 spiro atoms. The van der Waals surface area contributed by atoms with E-state index >= 15 is 0 Å². The molecule has 0 aliphatic rings. The van der Waals surface area contributed by atoms with E-state index in [0.717, 1.165) is 27.1 Å². The molecule has 0 aliphatic heterocycles. The second kappa shape index (κ2) is 10.1. The summed E-state index contributed by atoms with van der Waals surface area (Å²) in [4.78, 5) is 14.1. The van der Waals surface area contributed by atoms with Gasteiger partial charge in [0.25, 0.3) is 5.91 Å². The number of nitrogens with one attached hydrogen (secondary N) is 1. The quantitative estimate of drug-likeness (QED) is 0.389. The van der Waals surface area contributed by atoms with Gasteiger partial charge in [-0.2, -0.15) is 0 Å². The van der Waals surface area contributed by atoms with Gasteiger partial charge < -0.3 is 19.7 Å². The normalized spacial score (nSPS) is 10.5. The zero-order valence-corrected chi connectivity index (χ0v) is 18.8. The maximum Gasteiger partial charge on any atom is 0.262 e. The van der Waals surface area contributed by atoms with E-state index in [4.69, 9.17) is 9.47 Å². The molecule has 0 saturated carbocycles. The van der Waals surface area contributed by atoms with Crippen molar-refractivity contribution in [1.82, 2.24) is 10.2 Å². The second-order valence-electron chi connectivity index (χ2n) is 7.01. The van der Waals surface area contributed by atoms with Crippen molar-refractivity contribution in [2.24, 2.45) is 0 Å². The molecule has 0 atom stereocenters. The molecule has 9 heteroatoms. The highest BCUT2D eigenvalue weighted by Crippen LogP contribution is 2.32. The minimum Gasteiger partial charge on any atom is -0.497 e. The Morgan fingerprint density at radius 2 is 1.64 bits per heavy atom. The molecule has 7 nitrogen and oxygen atoms in total. The van der Waals surface area contributed by atoms with Gasteiger partial charge in [0.15, 0.2) is 6.61 Å². The molecule has 0 bridgehead atoms. The number of anilines is 3. The fourth-order valence-electron chi connectivity index (χ4n) is 2.96. The van der Waals surface area contributed by atoms with E-state index in [2.05, 4.69) is 15.5 Å². The van der Waals surface area contributed by atoms with E-state index in [-0.39, 0.29) is 18.3 Å². The summed E-state index contributed by atoms with van der Waals surface area (Å²) in [7, 11) is 3.56. The van der Waals surface area contributed by atoms with E-state index in [0.29, 0.717) is 11.4 Å². The summed E-state index contributed by atoms with van der Waals surface area (Å²) in [6.45, 7) is -0.176. The number of carbonyl (C=O) groups excluding carboxylic acids is 1. The second-order valence-corrected chi connectivity index (χ2v) is 7.97. The van der Waals surface area contributed by atoms with Crippen molar-refractivity contribution in [3.05, 3.63) is 78.6 Å². The average Bonchev–Trinajstić information content (AvgIpc) is 3.34. The number of nitrogens with zero attached hydrogens (tertiary/aromatic N) is 3. The number of ether oxygens (including phenoxy) is 2. The Kier molecular flexibility index (Phi) is 6.80. The molecule has 0 saturated heterocycles. The topological polar surface area (TPSA) is 76.6 Å². The summed E-state index contributed by atoms with van der Waals surface area (Å²) < 4.78 is 23.5. The maximum absolute atomic E-state index is 12.9. The van der Waals surface area contributed by atoms with Gasteiger partial charge in [0.2, 0.25) is 5.13 Å².